The van der Waals surface area contributed by atoms with E-state index in [0.717, 1.165) is 0 Å². The molecule has 0 aromatic carbocycles. The Morgan fingerprint density at radius 3 is 1.71 bits per heavy atom. The van der Waals surface area contributed by atoms with Crippen LogP contribution in [0.4, 0.5) is 0 Å². The molecule has 0 saturated heterocycles. The van der Waals surface area contributed by atoms with Crippen LogP contribution in [-0.2, 0) is 24.0 Å². The van der Waals surface area contributed by atoms with Gasteiger partial charge in [0.1, 0.15) is 12.1 Å². The average Bonchev–Trinajstić information content (AvgIpc) is 2.54. The molecular formula is C16H29N5O7. The van der Waals surface area contributed by atoms with Gasteiger partial charge in [-0.1, -0.05) is 13.8 Å². The van der Waals surface area contributed by atoms with E-state index in [9.17, 15) is 29.1 Å². The van der Waals surface area contributed by atoms with E-state index in [2.05, 4.69) is 16.0 Å². The van der Waals surface area contributed by atoms with Gasteiger partial charge in [-0.15, -0.1) is 0 Å². The van der Waals surface area contributed by atoms with E-state index in [1.165, 1.54) is 13.8 Å². The minimum atomic E-state index is -1.58. The summed E-state index contributed by atoms with van der Waals surface area (Å²) in [5, 5.41) is 25.3. The Morgan fingerprint density at radius 1 is 0.857 bits per heavy atom. The molecule has 160 valence electrons. The van der Waals surface area contributed by atoms with Gasteiger partial charge in [0, 0.05) is 0 Å². The Labute approximate surface area is 162 Å². The van der Waals surface area contributed by atoms with Gasteiger partial charge in [0.2, 0.25) is 23.6 Å². The van der Waals surface area contributed by atoms with Crippen molar-refractivity contribution in [1.82, 2.24) is 16.0 Å². The number of carbonyl (C=O) groups excluding carboxylic acids is 4. The first-order valence-corrected chi connectivity index (χ1v) is 8.63. The molecule has 0 aliphatic rings. The SMILES string of the molecule is CC(N)C(=O)NC(CC(N)=O)C(=O)NC(C(=O)NC(C(=O)O)C(C)O)C(C)C. The first-order chi connectivity index (χ1) is 12.8. The molecule has 5 unspecified atom stereocenters. The number of hydrogen-bond donors (Lipinski definition) is 7. The Kier molecular flexibility index (Phi) is 10.1. The Balaban J connectivity index is 5.37. The lowest BCUT2D eigenvalue weighted by molar-refractivity contribution is -0.145. The van der Waals surface area contributed by atoms with Gasteiger partial charge in [-0.3, -0.25) is 19.2 Å². The molecule has 0 heterocycles. The fraction of sp³-hybridized carbons (Fsp3) is 0.688. The van der Waals surface area contributed by atoms with Crippen molar-refractivity contribution >= 4 is 29.6 Å². The summed E-state index contributed by atoms with van der Waals surface area (Å²) in [6, 6.07) is -5.09. The Hall–Kier alpha value is -2.73. The molecule has 0 aliphatic heterocycles. The molecule has 28 heavy (non-hydrogen) atoms. The molecule has 0 aliphatic carbocycles. The summed E-state index contributed by atoms with van der Waals surface area (Å²) in [6.45, 7) is 5.74. The largest absolute Gasteiger partial charge is 0.480 e. The summed E-state index contributed by atoms with van der Waals surface area (Å²) in [5.41, 5.74) is 10.5. The highest BCUT2D eigenvalue weighted by molar-refractivity contribution is 5.96. The van der Waals surface area contributed by atoms with E-state index < -0.39 is 72.2 Å². The zero-order valence-corrected chi connectivity index (χ0v) is 16.3. The van der Waals surface area contributed by atoms with Crippen LogP contribution in [-0.4, -0.2) is 70.1 Å². The number of carbonyl (C=O) groups is 5. The van der Waals surface area contributed by atoms with Crippen LogP contribution in [0, 0.1) is 5.92 Å². The topological polar surface area (TPSA) is 214 Å². The lowest BCUT2D eigenvalue weighted by Gasteiger charge is -2.27. The number of hydrogen-bond acceptors (Lipinski definition) is 7. The second-order valence-electron chi connectivity index (χ2n) is 6.82. The van der Waals surface area contributed by atoms with Gasteiger partial charge < -0.3 is 37.6 Å². The van der Waals surface area contributed by atoms with Gasteiger partial charge in [-0.05, 0) is 19.8 Å². The second-order valence-corrected chi connectivity index (χ2v) is 6.82. The molecule has 0 saturated carbocycles. The first kappa shape index (κ1) is 25.3. The second kappa shape index (κ2) is 11.2. The number of carboxylic acid groups (broad SMARTS) is 1. The summed E-state index contributed by atoms with van der Waals surface area (Å²) < 4.78 is 0. The number of aliphatic carboxylic acids is 1. The number of aliphatic hydroxyl groups excluding tert-OH is 1. The third kappa shape index (κ3) is 8.31. The highest BCUT2D eigenvalue weighted by Crippen LogP contribution is 2.05. The number of rotatable bonds is 11. The number of aliphatic hydroxyl groups is 1. The summed E-state index contributed by atoms with van der Waals surface area (Å²) in [5.74, 6) is -5.22. The molecule has 12 heteroatoms. The van der Waals surface area contributed by atoms with E-state index in [-0.39, 0.29) is 0 Å². The monoisotopic (exact) mass is 403 g/mol. The fourth-order valence-corrected chi connectivity index (χ4v) is 2.13. The van der Waals surface area contributed by atoms with Crippen molar-refractivity contribution < 1.29 is 34.2 Å². The van der Waals surface area contributed by atoms with Crippen LogP contribution in [0.3, 0.4) is 0 Å². The molecule has 0 radical (unpaired) electrons. The minimum absolute atomic E-state index is 0.481. The number of primary amides is 1. The molecule has 0 aromatic rings. The maximum atomic E-state index is 12.5. The first-order valence-electron chi connectivity index (χ1n) is 8.63. The molecule has 0 rings (SSSR count). The molecular weight excluding hydrogens is 374 g/mol. The smallest absolute Gasteiger partial charge is 0.328 e. The van der Waals surface area contributed by atoms with Crippen LogP contribution in [0.25, 0.3) is 0 Å². The van der Waals surface area contributed by atoms with E-state index in [1.807, 2.05) is 0 Å². The van der Waals surface area contributed by atoms with Gasteiger partial charge in [0.05, 0.1) is 18.6 Å². The average molecular weight is 403 g/mol. The van der Waals surface area contributed by atoms with Crippen molar-refractivity contribution in [2.45, 2.75) is 64.4 Å². The highest BCUT2D eigenvalue weighted by Gasteiger charge is 2.33. The lowest BCUT2D eigenvalue weighted by Crippen LogP contribution is -2.59. The van der Waals surface area contributed by atoms with Crippen LogP contribution in [0.15, 0.2) is 0 Å². The summed E-state index contributed by atoms with van der Waals surface area (Å²) in [7, 11) is 0. The van der Waals surface area contributed by atoms with Crippen molar-refractivity contribution in [1.29, 1.82) is 0 Å². The van der Waals surface area contributed by atoms with Crippen LogP contribution in [0.5, 0.6) is 0 Å². The standard InChI is InChI=1S/C16H29N5O7/c1-6(2)11(15(26)21-12(8(4)22)16(27)28)20-14(25)9(5-10(18)23)19-13(24)7(3)17/h6-9,11-12,22H,5,17H2,1-4H3,(H2,18,23)(H,19,24)(H,20,25)(H,21,26)(H,27,28). The zero-order valence-electron chi connectivity index (χ0n) is 16.3. The predicted octanol–water partition coefficient (Wildman–Crippen LogP) is -3.22. The number of carboxylic acids is 1. The fourth-order valence-electron chi connectivity index (χ4n) is 2.13. The Morgan fingerprint density at radius 2 is 1.36 bits per heavy atom. The molecule has 12 nitrogen and oxygen atoms in total. The van der Waals surface area contributed by atoms with E-state index in [1.54, 1.807) is 13.8 Å². The quantitative estimate of drug-likeness (QED) is 0.186. The maximum absolute atomic E-state index is 12.5. The van der Waals surface area contributed by atoms with Gasteiger partial charge in [-0.2, -0.15) is 0 Å². The number of nitrogens with one attached hydrogen (secondary N) is 3. The normalized spacial score (nSPS) is 16.2. The number of amides is 4. The predicted molar refractivity (Wildman–Crippen MR) is 97.4 cm³/mol. The summed E-state index contributed by atoms with van der Waals surface area (Å²) in [4.78, 5) is 59.0. The third-order valence-corrected chi connectivity index (χ3v) is 3.74. The summed E-state index contributed by atoms with van der Waals surface area (Å²) >= 11 is 0. The minimum Gasteiger partial charge on any atom is -0.480 e. The molecule has 4 amide bonds. The van der Waals surface area contributed by atoms with E-state index in [4.69, 9.17) is 16.6 Å². The molecule has 5 atom stereocenters. The van der Waals surface area contributed by atoms with Crippen LogP contribution < -0.4 is 27.4 Å². The summed E-state index contributed by atoms with van der Waals surface area (Å²) in [6.07, 6.45) is -1.90. The molecule has 9 N–H and O–H groups in total. The maximum Gasteiger partial charge on any atom is 0.328 e. The molecule has 0 bridgehead atoms. The van der Waals surface area contributed by atoms with Gasteiger partial charge in [-0.25, -0.2) is 4.79 Å². The zero-order chi connectivity index (χ0) is 22.2. The van der Waals surface area contributed by atoms with E-state index in [0.29, 0.717) is 0 Å². The highest BCUT2D eigenvalue weighted by atomic mass is 16.4. The van der Waals surface area contributed by atoms with Crippen LogP contribution >= 0.6 is 0 Å². The van der Waals surface area contributed by atoms with Crippen LogP contribution in [0.2, 0.25) is 0 Å². The van der Waals surface area contributed by atoms with Gasteiger partial charge in [0.25, 0.3) is 0 Å². The lowest BCUT2D eigenvalue weighted by atomic mass is 10.0. The van der Waals surface area contributed by atoms with Crippen molar-refractivity contribution in [3.05, 3.63) is 0 Å². The Bertz CT molecular complexity index is 606. The van der Waals surface area contributed by atoms with Gasteiger partial charge in [0.15, 0.2) is 6.04 Å². The molecule has 0 fully saturated rings. The van der Waals surface area contributed by atoms with Crippen molar-refractivity contribution in [2.24, 2.45) is 17.4 Å². The van der Waals surface area contributed by atoms with Gasteiger partial charge >= 0.3 is 5.97 Å². The van der Waals surface area contributed by atoms with Crippen molar-refractivity contribution in [2.75, 3.05) is 0 Å². The van der Waals surface area contributed by atoms with Crippen molar-refractivity contribution in [3.8, 4) is 0 Å². The molecule has 0 aromatic heterocycles. The van der Waals surface area contributed by atoms with Crippen LogP contribution in [0.1, 0.15) is 34.1 Å². The van der Waals surface area contributed by atoms with E-state index >= 15 is 0 Å². The van der Waals surface area contributed by atoms with Crippen molar-refractivity contribution in [3.63, 3.8) is 0 Å². The molecule has 0 spiro atoms. The third-order valence-electron chi connectivity index (χ3n) is 3.74. The number of nitrogens with two attached hydrogens (primary N) is 2.